The van der Waals surface area contributed by atoms with Crippen molar-refractivity contribution in [3.05, 3.63) is 34.8 Å². The minimum Gasteiger partial charge on any atom is -0.353 e. The van der Waals surface area contributed by atoms with E-state index in [0.29, 0.717) is 32.0 Å². The van der Waals surface area contributed by atoms with Gasteiger partial charge in [0.25, 0.3) is 0 Å². The molecule has 0 aliphatic carbocycles. The average Bonchev–Trinajstić information content (AvgIpc) is 3.09. The molecular weight excluding hydrogens is 296 g/mol. The summed E-state index contributed by atoms with van der Waals surface area (Å²) >= 11 is 1.57. The number of alkyl halides is 1. The van der Waals surface area contributed by atoms with E-state index in [1.165, 1.54) is 0 Å². The standard InChI is InChI=1S/C13H15F2N5S/c14-9-3-11(6-19-13-17-4-10(15)5-18-13)20(7-9)8-12-16-1-2-21-12/h1-2,4-5,9,11H,3,6-8H2,(H,17,18,19)/t9-,11-/m0/s1. The lowest BCUT2D eigenvalue weighted by atomic mass is 10.2. The second-order valence-electron chi connectivity index (χ2n) is 4.95. The lowest BCUT2D eigenvalue weighted by Crippen LogP contribution is -2.34. The summed E-state index contributed by atoms with van der Waals surface area (Å²) in [7, 11) is 0. The number of nitrogens with one attached hydrogen (secondary N) is 1. The second-order valence-corrected chi connectivity index (χ2v) is 5.93. The van der Waals surface area contributed by atoms with Crippen molar-refractivity contribution in [3.8, 4) is 0 Å². The van der Waals surface area contributed by atoms with E-state index in [0.717, 1.165) is 17.4 Å². The highest BCUT2D eigenvalue weighted by atomic mass is 32.1. The van der Waals surface area contributed by atoms with Crippen molar-refractivity contribution in [1.82, 2.24) is 19.9 Å². The summed E-state index contributed by atoms with van der Waals surface area (Å²) in [5, 5.41) is 5.92. The lowest BCUT2D eigenvalue weighted by molar-refractivity contribution is 0.241. The lowest BCUT2D eigenvalue weighted by Gasteiger charge is -2.23. The third kappa shape index (κ3) is 3.70. The number of hydrogen-bond acceptors (Lipinski definition) is 6. The fourth-order valence-electron chi connectivity index (χ4n) is 2.45. The van der Waals surface area contributed by atoms with Crippen molar-refractivity contribution in [2.45, 2.75) is 25.2 Å². The topological polar surface area (TPSA) is 53.9 Å². The first-order chi connectivity index (χ1) is 10.2. The van der Waals surface area contributed by atoms with Crippen molar-refractivity contribution in [2.24, 2.45) is 0 Å². The van der Waals surface area contributed by atoms with E-state index in [-0.39, 0.29) is 6.04 Å². The minimum atomic E-state index is -0.828. The molecule has 0 saturated carbocycles. The van der Waals surface area contributed by atoms with Crippen LogP contribution in [0.2, 0.25) is 0 Å². The van der Waals surface area contributed by atoms with Crippen LogP contribution in [-0.4, -0.2) is 45.2 Å². The van der Waals surface area contributed by atoms with Gasteiger partial charge < -0.3 is 5.32 Å². The third-order valence-electron chi connectivity index (χ3n) is 3.41. The molecule has 3 heterocycles. The predicted molar refractivity (Wildman–Crippen MR) is 76.3 cm³/mol. The zero-order chi connectivity index (χ0) is 14.7. The van der Waals surface area contributed by atoms with Crippen LogP contribution in [0.1, 0.15) is 11.4 Å². The Morgan fingerprint density at radius 1 is 1.33 bits per heavy atom. The summed E-state index contributed by atoms with van der Waals surface area (Å²) in [4.78, 5) is 14.0. The molecule has 0 amide bonds. The highest BCUT2D eigenvalue weighted by Gasteiger charge is 2.32. The van der Waals surface area contributed by atoms with Crippen molar-refractivity contribution in [2.75, 3.05) is 18.4 Å². The second kappa shape index (κ2) is 6.40. The van der Waals surface area contributed by atoms with Gasteiger partial charge in [0, 0.05) is 30.7 Å². The van der Waals surface area contributed by atoms with E-state index < -0.39 is 12.0 Å². The maximum atomic E-state index is 13.7. The maximum absolute atomic E-state index is 13.7. The molecule has 2 aromatic heterocycles. The molecule has 0 spiro atoms. The molecule has 8 heteroatoms. The molecule has 21 heavy (non-hydrogen) atoms. The summed E-state index contributed by atoms with van der Waals surface area (Å²) in [5.41, 5.74) is 0. The van der Waals surface area contributed by atoms with Gasteiger partial charge in [0.2, 0.25) is 5.95 Å². The molecule has 3 rings (SSSR count). The number of aromatic nitrogens is 3. The Morgan fingerprint density at radius 3 is 2.86 bits per heavy atom. The largest absolute Gasteiger partial charge is 0.353 e. The van der Waals surface area contributed by atoms with Crippen LogP contribution >= 0.6 is 11.3 Å². The third-order valence-corrected chi connectivity index (χ3v) is 4.18. The van der Waals surface area contributed by atoms with Crippen LogP contribution in [0.5, 0.6) is 0 Å². The first kappa shape index (κ1) is 14.3. The molecule has 0 bridgehead atoms. The quantitative estimate of drug-likeness (QED) is 0.916. The molecular formula is C13H15F2N5S. The predicted octanol–water partition coefficient (Wildman–Crippen LogP) is 2.10. The van der Waals surface area contributed by atoms with E-state index in [4.69, 9.17) is 0 Å². The number of nitrogens with zero attached hydrogens (tertiary/aromatic N) is 4. The van der Waals surface area contributed by atoms with Gasteiger partial charge in [0.05, 0.1) is 18.9 Å². The molecule has 1 N–H and O–H groups in total. The fourth-order valence-corrected chi connectivity index (χ4v) is 3.09. The number of rotatable bonds is 5. The van der Waals surface area contributed by atoms with E-state index in [1.807, 2.05) is 5.38 Å². The van der Waals surface area contributed by atoms with Crippen molar-refractivity contribution >= 4 is 17.3 Å². The number of halogens is 2. The highest BCUT2D eigenvalue weighted by molar-refractivity contribution is 7.09. The van der Waals surface area contributed by atoms with Gasteiger partial charge in [0.1, 0.15) is 11.2 Å². The smallest absolute Gasteiger partial charge is 0.222 e. The summed E-state index contributed by atoms with van der Waals surface area (Å²) in [6.07, 6.45) is 3.61. The molecule has 1 aliphatic heterocycles. The van der Waals surface area contributed by atoms with Crippen LogP contribution in [0.15, 0.2) is 24.0 Å². The zero-order valence-corrected chi connectivity index (χ0v) is 12.1. The molecule has 2 aromatic rings. The Labute approximate surface area is 125 Å². The van der Waals surface area contributed by atoms with Gasteiger partial charge in [-0.3, -0.25) is 4.90 Å². The number of anilines is 1. The molecule has 0 radical (unpaired) electrons. The van der Waals surface area contributed by atoms with Crippen LogP contribution in [0, 0.1) is 5.82 Å². The van der Waals surface area contributed by atoms with E-state index in [1.54, 1.807) is 17.5 Å². The van der Waals surface area contributed by atoms with Crippen molar-refractivity contribution in [1.29, 1.82) is 0 Å². The Bertz CT molecular complexity index is 562. The number of hydrogen-bond donors (Lipinski definition) is 1. The zero-order valence-electron chi connectivity index (χ0n) is 11.2. The van der Waals surface area contributed by atoms with Gasteiger partial charge in [-0.25, -0.2) is 23.7 Å². The number of likely N-dealkylation sites (tertiary alicyclic amines) is 1. The number of thiazole rings is 1. The van der Waals surface area contributed by atoms with Gasteiger partial charge >= 0.3 is 0 Å². The molecule has 1 aliphatic rings. The average molecular weight is 311 g/mol. The molecule has 0 unspecified atom stereocenters. The van der Waals surface area contributed by atoms with Crippen molar-refractivity contribution < 1.29 is 8.78 Å². The molecule has 2 atom stereocenters. The summed E-state index contributed by atoms with van der Waals surface area (Å²) < 4.78 is 26.4. The van der Waals surface area contributed by atoms with Crippen LogP contribution in [0.4, 0.5) is 14.7 Å². The Kier molecular flexibility index (Phi) is 4.35. The first-order valence-corrected chi connectivity index (χ1v) is 7.56. The Balaban J connectivity index is 1.58. The molecule has 1 saturated heterocycles. The van der Waals surface area contributed by atoms with Crippen molar-refractivity contribution in [3.63, 3.8) is 0 Å². The van der Waals surface area contributed by atoms with E-state index >= 15 is 0 Å². The molecule has 5 nitrogen and oxygen atoms in total. The maximum Gasteiger partial charge on any atom is 0.222 e. The summed E-state index contributed by atoms with van der Waals surface area (Å²) in [6.45, 7) is 1.59. The highest BCUT2D eigenvalue weighted by Crippen LogP contribution is 2.23. The van der Waals surface area contributed by atoms with Gasteiger partial charge in [-0.1, -0.05) is 0 Å². The van der Waals surface area contributed by atoms with Crippen LogP contribution in [0.3, 0.4) is 0 Å². The monoisotopic (exact) mass is 311 g/mol. The molecule has 0 aromatic carbocycles. The Morgan fingerprint density at radius 2 is 2.14 bits per heavy atom. The first-order valence-electron chi connectivity index (χ1n) is 6.68. The van der Waals surface area contributed by atoms with Gasteiger partial charge in [-0.15, -0.1) is 11.3 Å². The van der Waals surface area contributed by atoms with E-state index in [2.05, 4.69) is 25.2 Å². The SMILES string of the molecule is Fc1cnc(NC[C@@H]2C[C@H](F)CN2Cc2nccs2)nc1. The molecule has 1 fully saturated rings. The van der Waals surface area contributed by atoms with Gasteiger partial charge in [0.15, 0.2) is 5.82 Å². The normalized spacial score (nSPS) is 22.6. The van der Waals surface area contributed by atoms with Crippen LogP contribution in [-0.2, 0) is 6.54 Å². The van der Waals surface area contributed by atoms with Crippen LogP contribution < -0.4 is 5.32 Å². The van der Waals surface area contributed by atoms with Gasteiger partial charge in [-0.05, 0) is 6.42 Å². The van der Waals surface area contributed by atoms with Gasteiger partial charge in [-0.2, -0.15) is 0 Å². The van der Waals surface area contributed by atoms with Crippen LogP contribution in [0.25, 0.3) is 0 Å². The fraction of sp³-hybridized carbons (Fsp3) is 0.462. The summed E-state index contributed by atoms with van der Waals surface area (Å²) in [5.74, 6) is -0.122. The minimum absolute atomic E-state index is 0.0533. The molecule has 112 valence electrons. The van der Waals surface area contributed by atoms with E-state index in [9.17, 15) is 8.78 Å². The summed E-state index contributed by atoms with van der Waals surface area (Å²) in [6, 6.07) is 0.0533. The Hall–Kier alpha value is -1.67.